The number of carbonyl (C=O) groups excluding carboxylic acids is 1. The monoisotopic (exact) mass is 447 g/mol. The second kappa shape index (κ2) is 9.82. The number of hydrogen-bond donors (Lipinski definition) is 3. The number of benzene rings is 1. The molecule has 0 unspecified atom stereocenters. The lowest BCUT2D eigenvalue weighted by Crippen LogP contribution is -2.27. The molecule has 0 spiro atoms. The molecule has 0 fully saturated rings. The summed E-state index contributed by atoms with van der Waals surface area (Å²) in [6, 6.07) is 16.2. The summed E-state index contributed by atoms with van der Waals surface area (Å²) in [7, 11) is 0. The third-order valence-electron chi connectivity index (χ3n) is 4.29. The quantitative estimate of drug-likeness (QED) is 0.387. The predicted molar refractivity (Wildman–Crippen MR) is 126 cm³/mol. The first-order chi connectivity index (χ1) is 15.6. The van der Waals surface area contributed by atoms with Crippen LogP contribution in [0.1, 0.15) is 31.3 Å². The Hall–Kier alpha value is -4.40. The molecule has 0 radical (unpaired) electrons. The Morgan fingerprint density at radius 3 is 2.36 bits per heavy atom. The summed E-state index contributed by atoms with van der Waals surface area (Å²) in [5.41, 5.74) is 9.28. The van der Waals surface area contributed by atoms with Gasteiger partial charge in [0.05, 0.1) is 16.9 Å². The number of nitrogens with two attached hydrogens (primary N) is 1. The second-order valence-corrected chi connectivity index (χ2v) is 8.07. The van der Waals surface area contributed by atoms with E-state index in [1.807, 2.05) is 51.1 Å². The standard InChI is InChI=1S/C16H19N3O2.C8H6N2O2/c1-16(2,3)21-15(20)19-14-5-4-12(10-13(14)17)11-6-8-18-9-7-11;11-8(12)7-5-6-3-1-2-4-10(6)9-7/h4-10H,17H2,1-3H3,(H,19,20);1-5H,(H,11,12). The van der Waals surface area contributed by atoms with Gasteiger partial charge in [-0.2, -0.15) is 5.10 Å². The van der Waals surface area contributed by atoms with Crippen LogP contribution in [-0.2, 0) is 4.74 Å². The van der Waals surface area contributed by atoms with Gasteiger partial charge in [-0.1, -0.05) is 12.1 Å². The maximum absolute atomic E-state index is 11.7. The van der Waals surface area contributed by atoms with Gasteiger partial charge in [0.15, 0.2) is 5.69 Å². The summed E-state index contributed by atoms with van der Waals surface area (Å²) < 4.78 is 6.73. The van der Waals surface area contributed by atoms with Crippen molar-refractivity contribution in [1.82, 2.24) is 14.6 Å². The van der Waals surface area contributed by atoms with Crippen LogP contribution < -0.4 is 11.1 Å². The van der Waals surface area contributed by atoms with Crippen molar-refractivity contribution in [3.63, 3.8) is 0 Å². The lowest BCUT2D eigenvalue weighted by molar-refractivity contribution is 0.0634. The van der Waals surface area contributed by atoms with Crippen LogP contribution >= 0.6 is 0 Å². The van der Waals surface area contributed by atoms with Crippen LogP contribution in [0.4, 0.5) is 16.2 Å². The van der Waals surface area contributed by atoms with Crippen LogP contribution in [0, 0.1) is 0 Å². The van der Waals surface area contributed by atoms with Crippen LogP contribution in [0.25, 0.3) is 16.6 Å². The molecular weight excluding hydrogens is 422 g/mol. The zero-order valence-electron chi connectivity index (χ0n) is 18.5. The molecule has 0 aliphatic heterocycles. The Morgan fingerprint density at radius 1 is 1.03 bits per heavy atom. The molecule has 3 aromatic heterocycles. The molecule has 9 nitrogen and oxygen atoms in total. The zero-order chi connectivity index (χ0) is 24.0. The van der Waals surface area contributed by atoms with Crippen LogP contribution in [-0.4, -0.2) is 37.4 Å². The third-order valence-corrected chi connectivity index (χ3v) is 4.29. The lowest BCUT2D eigenvalue weighted by atomic mass is 10.1. The molecule has 4 rings (SSSR count). The van der Waals surface area contributed by atoms with Gasteiger partial charge in [-0.15, -0.1) is 0 Å². The molecule has 0 saturated heterocycles. The maximum atomic E-state index is 11.7. The fourth-order valence-electron chi connectivity index (χ4n) is 2.86. The van der Waals surface area contributed by atoms with Crippen molar-refractivity contribution in [3.8, 4) is 11.1 Å². The minimum absolute atomic E-state index is 0.0706. The van der Waals surface area contributed by atoms with Crippen molar-refractivity contribution in [2.75, 3.05) is 11.1 Å². The van der Waals surface area contributed by atoms with E-state index in [1.54, 1.807) is 36.8 Å². The Morgan fingerprint density at radius 2 is 1.76 bits per heavy atom. The number of fused-ring (bicyclic) bond motifs is 1. The van der Waals surface area contributed by atoms with Gasteiger partial charge >= 0.3 is 12.1 Å². The molecule has 33 heavy (non-hydrogen) atoms. The van der Waals surface area contributed by atoms with E-state index < -0.39 is 17.7 Å². The summed E-state index contributed by atoms with van der Waals surface area (Å²) in [5, 5.41) is 15.1. The Labute approximate surface area is 190 Å². The van der Waals surface area contributed by atoms with Gasteiger partial charge in [-0.05, 0) is 74.4 Å². The van der Waals surface area contributed by atoms with Crippen LogP contribution in [0.3, 0.4) is 0 Å². The average molecular weight is 447 g/mol. The molecule has 1 aromatic carbocycles. The Bertz CT molecular complexity index is 1230. The highest BCUT2D eigenvalue weighted by Gasteiger charge is 2.17. The Balaban J connectivity index is 0.000000215. The number of pyridine rings is 2. The number of carboxylic acids is 1. The number of nitrogen functional groups attached to an aromatic ring is 1. The normalized spacial score (nSPS) is 10.8. The summed E-state index contributed by atoms with van der Waals surface area (Å²) >= 11 is 0. The van der Waals surface area contributed by atoms with E-state index in [1.165, 1.54) is 10.6 Å². The highest BCUT2D eigenvalue weighted by Crippen LogP contribution is 2.27. The van der Waals surface area contributed by atoms with Gasteiger partial charge < -0.3 is 15.6 Å². The number of hydrogen-bond acceptors (Lipinski definition) is 6. The first kappa shape index (κ1) is 23.3. The van der Waals surface area contributed by atoms with Gasteiger partial charge in [0.25, 0.3) is 0 Å². The number of aromatic carboxylic acids is 1. The molecule has 0 saturated carbocycles. The number of anilines is 2. The topological polar surface area (TPSA) is 132 Å². The van der Waals surface area contributed by atoms with Crippen molar-refractivity contribution in [2.45, 2.75) is 26.4 Å². The number of carbonyl (C=O) groups is 2. The minimum atomic E-state index is -1.00. The first-order valence-electron chi connectivity index (χ1n) is 10.1. The van der Waals surface area contributed by atoms with Crippen molar-refractivity contribution in [1.29, 1.82) is 0 Å². The molecule has 0 aliphatic rings. The first-order valence-corrected chi connectivity index (χ1v) is 10.1. The van der Waals surface area contributed by atoms with E-state index >= 15 is 0 Å². The van der Waals surface area contributed by atoms with E-state index in [0.717, 1.165) is 16.6 Å². The molecular formula is C24H25N5O4. The smallest absolute Gasteiger partial charge is 0.412 e. The van der Waals surface area contributed by atoms with Gasteiger partial charge in [0.2, 0.25) is 0 Å². The van der Waals surface area contributed by atoms with Crippen molar-refractivity contribution in [2.24, 2.45) is 0 Å². The van der Waals surface area contributed by atoms with Crippen molar-refractivity contribution in [3.05, 3.63) is 78.9 Å². The second-order valence-electron chi connectivity index (χ2n) is 8.07. The zero-order valence-corrected chi connectivity index (χ0v) is 18.5. The lowest BCUT2D eigenvalue weighted by Gasteiger charge is -2.20. The summed E-state index contributed by atoms with van der Waals surface area (Å²) in [6.45, 7) is 5.42. The van der Waals surface area contributed by atoms with Crippen molar-refractivity contribution >= 4 is 29.0 Å². The highest BCUT2D eigenvalue weighted by molar-refractivity contribution is 5.90. The summed E-state index contributed by atoms with van der Waals surface area (Å²) in [4.78, 5) is 26.2. The van der Waals surface area contributed by atoms with E-state index in [0.29, 0.717) is 11.4 Å². The van der Waals surface area contributed by atoms with E-state index in [-0.39, 0.29) is 5.69 Å². The molecule has 0 bridgehead atoms. The highest BCUT2D eigenvalue weighted by atomic mass is 16.6. The molecule has 9 heteroatoms. The number of ether oxygens (including phenoxy) is 1. The van der Waals surface area contributed by atoms with Crippen LogP contribution in [0.5, 0.6) is 0 Å². The molecule has 0 atom stereocenters. The van der Waals surface area contributed by atoms with Gasteiger partial charge in [-0.3, -0.25) is 10.3 Å². The number of carboxylic acid groups (broad SMARTS) is 1. The maximum Gasteiger partial charge on any atom is 0.412 e. The molecule has 3 heterocycles. The van der Waals surface area contributed by atoms with Gasteiger partial charge in [-0.25, -0.2) is 14.1 Å². The number of amides is 1. The van der Waals surface area contributed by atoms with Gasteiger partial charge in [0.1, 0.15) is 5.60 Å². The van der Waals surface area contributed by atoms with E-state index in [9.17, 15) is 9.59 Å². The number of nitrogens with one attached hydrogen (secondary N) is 1. The SMILES string of the molecule is CC(C)(C)OC(=O)Nc1ccc(-c2ccncc2)cc1N.O=C(O)c1cc2ccccn2n1. The number of rotatable bonds is 3. The fourth-order valence-corrected chi connectivity index (χ4v) is 2.86. The average Bonchev–Trinajstić information content (AvgIpc) is 3.20. The summed E-state index contributed by atoms with van der Waals surface area (Å²) in [6.07, 6.45) is 4.63. The minimum Gasteiger partial charge on any atom is -0.476 e. The number of aromatic nitrogens is 3. The summed E-state index contributed by atoms with van der Waals surface area (Å²) in [5.74, 6) is -1.00. The van der Waals surface area contributed by atoms with Gasteiger partial charge in [0, 0.05) is 18.6 Å². The third kappa shape index (κ3) is 6.54. The molecule has 4 aromatic rings. The van der Waals surface area contributed by atoms with Crippen LogP contribution in [0.15, 0.2) is 73.2 Å². The number of nitrogens with zero attached hydrogens (tertiary/aromatic N) is 3. The fraction of sp³-hybridized carbons (Fsp3) is 0.167. The van der Waals surface area contributed by atoms with Crippen LogP contribution in [0.2, 0.25) is 0 Å². The largest absolute Gasteiger partial charge is 0.476 e. The van der Waals surface area contributed by atoms with E-state index in [2.05, 4.69) is 15.4 Å². The van der Waals surface area contributed by atoms with Crippen molar-refractivity contribution < 1.29 is 19.4 Å². The molecule has 1 amide bonds. The Kier molecular flexibility index (Phi) is 6.92. The molecule has 4 N–H and O–H groups in total. The van der Waals surface area contributed by atoms with E-state index in [4.69, 9.17) is 15.6 Å². The molecule has 170 valence electrons. The molecule has 0 aliphatic carbocycles. The predicted octanol–water partition coefficient (Wildman–Crippen LogP) is 4.71.